The quantitative estimate of drug-likeness (QED) is 0.123. The Morgan fingerprint density at radius 2 is 1.26 bits per heavy atom. The van der Waals surface area contributed by atoms with Crippen molar-refractivity contribution in [2.24, 2.45) is 0 Å². The molecule has 10 aromatic rings. The summed E-state index contributed by atoms with van der Waals surface area (Å²) in [7, 11) is 0. The van der Waals surface area contributed by atoms with Gasteiger partial charge in [0.25, 0.3) is 0 Å². The number of hydrogen-bond donors (Lipinski definition) is 0. The maximum Gasteiger partial charge on any atom is 0.0774 e. The maximum absolute atomic E-state index is 6.09. The third kappa shape index (κ3) is 7.21. The van der Waals surface area contributed by atoms with Crippen LogP contribution in [-0.2, 0) is 20.1 Å². The van der Waals surface area contributed by atoms with E-state index in [2.05, 4.69) is 165 Å². The number of rotatable bonds is 6. The molecular formula is C52H41IrN3O-2. The number of benzene rings is 7. The first-order chi connectivity index (χ1) is 27.4. The molecule has 5 heteroatoms. The van der Waals surface area contributed by atoms with E-state index >= 15 is 0 Å². The zero-order chi connectivity index (χ0) is 38.2. The molecule has 0 atom stereocenters. The molecule has 7 aromatic carbocycles. The molecule has 57 heavy (non-hydrogen) atoms. The third-order valence-electron chi connectivity index (χ3n) is 10.6. The van der Waals surface area contributed by atoms with Crippen LogP contribution in [-0.4, -0.2) is 14.5 Å². The van der Waals surface area contributed by atoms with E-state index in [1.165, 1.54) is 43.9 Å². The monoisotopic (exact) mass is 916 g/mol. The zero-order valence-corrected chi connectivity index (χ0v) is 34.7. The second-order valence-electron chi connectivity index (χ2n) is 14.9. The fraction of sp³-hybridized carbons (Fsp3) is 0.115. The number of fused-ring (bicyclic) bond motifs is 5. The average molecular weight is 916 g/mol. The van der Waals surface area contributed by atoms with Gasteiger partial charge in [-0.15, -0.1) is 35.9 Å². The molecule has 0 amide bonds. The van der Waals surface area contributed by atoms with Gasteiger partial charge in [0.15, 0.2) is 0 Å². The molecular weight excluding hydrogens is 875 g/mol. The Bertz CT molecular complexity index is 2920. The minimum absolute atomic E-state index is 0. The largest absolute Gasteiger partial charge is 0.557 e. The number of furan rings is 1. The van der Waals surface area contributed by atoms with E-state index in [0.717, 1.165) is 50.2 Å². The van der Waals surface area contributed by atoms with Crippen LogP contribution in [0.15, 0.2) is 168 Å². The van der Waals surface area contributed by atoms with Gasteiger partial charge < -0.3 is 14.0 Å². The Hall–Kier alpha value is -6.13. The van der Waals surface area contributed by atoms with Crippen molar-refractivity contribution in [3.8, 4) is 39.5 Å². The normalized spacial score (nSPS) is 11.3. The number of pyridine rings is 1. The molecule has 4 nitrogen and oxygen atoms in total. The molecule has 0 unspecified atom stereocenters. The third-order valence-corrected chi connectivity index (χ3v) is 10.6. The van der Waals surface area contributed by atoms with Crippen molar-refractivity contribution < 1.29 is 24.5 Å². The van der Waals surface area contributed by atoms with Crippen LogP contribution in [0.5, 0.6) is 0 Å². The van der Waals surface area contributed by atoms with E-state index in [-0.39, 0.29) is 20.1 Å². The predicted molar refractivity (Wildman–Crippen MR) is 232 cm³/mol. The smallest absolute Gasteiger partial charge is 0.0774 e. The first kappa shape index (κ1) is 37.8. The van der Waals surface area contributed by atoms with Crippen molar-refractivity contribution in [2.45, 2.75) is 39.5 Å². The number of para-hydroxylation sites is 3. The minimum Gasteiger partial charge on any atom is -0.557 e. The molecule has 3 aromatic heterocycles. The van der Waals surface area contributed by atoms with Crippen molar-refractivity contribution in [3.63, 3.8) is 0 Å². The molecule has 0 aliphatic rings. The summed E-state index contributed by atoms with van der Waals surface area (Å²) in [6.07, 6.45) is 5.06. The molecule has 281 valence electrons. The van der Waals surface area contributed by atoms with Gasteiger partial charge in [-0.1, -0.05) is 148 Å². The van der Waals surface area contributed by atoms with Gasteiger partial charge in [0.05, 0.1) is 16.9 Å². The molecule has 0 fully saturated rings. The standard InChI is InChI=1S/C41H33N2O.C11H8N.Ir/c1-25(2)31-12-9-13-32(26(3)4)40(31)43-38-15-8-7-14-37(38)42-41(43)36-24-44-39-21-20-30(23-35(36)39)29-19-18-28-17-16-27-10-5-6-11-33(27)34(28)22-29;1-2-6-10(7-3-1)11-8-4-5-9-12-11;/h5-23,25-26H,1-4H3;1-6,8-9H;/q2*-1;. The van der Waals surface area contributed by atoms with Gasteiger partial charge in [-0.05, 0) is 85.6 Å². The first-order valence-corrected chi connectivity index (χ1v) is 19.3. The summed E-state index contributed by atoms with van der Waals surface area (Å²) >= 11 is 0. The Morgan fingerprint density at radius 1 is 0.596 bits per heavy atom. The Balaban J connectivity index is 0.000000300. The van der Waals surface area contributed by atoms with Crippen LogP contribution < -0.4 is 0 Å². The molecule has 0 N–H and O–H groups in total. The summed E-state index contributed by atoms with van der Waals surface area (Å²) in [6, 6.07) is 58.1. The van der Waals surface area contributed by atoms with Crippen LogP contribution in [0.4, 0.5) is 0 Å². The minimum atomic E-state index is 0. The second-order valence-corrected chi connectivity index (χ2v) is 14.9. The van der Waals surface area contributed by atoms with Gasteiger partial charge in [0.2, 0.25) is 0 Å². The van der Waals surface area contributed by atoms with Gasteiger partial charge in [0, 0.05) is 43.8 Å². The molecule has 3 heterocycles. The maximum atomic E-state index is 6.09. The predicted octanol–water partition coefficient (Wildman–Crippen LogP) is 14.0. The van der Waals surface area contributed by atoms with Crippen molar-refractivity contribution in [1.82, 2.24) is 14.5 Å². The van der Waals surface area contributed by atoms with Crippen LogP contribution in [0.2, 0.25) is 0 Å². The van der Waals surface area contributed by atoms with Crippen molar-refractivity contribution >= 4 is 43.5 Å². The average Bonchev–Trinajstić information content (AvgIpc) is 3.85. The molecule has 0 saturated heterocycles. The number of hydrogen-bond acceptors (Lipinski definition) is 3. The topological polar surface area (TPSA) is 43.9 Å². The first-order valence-electron chi connectivity index (χ1n) is 19.3. The summed E-state index contributed by atoms with van der Waals surface area (Å²) in [5.74, 6) is 1.54. The molecule has 10 rings (SSSR count). The zero-order valence-electron chi connectivity index (χ0n) is 32.3. The van der Waals surface area contributed by atoms with E-state index in [1.807, 2.05) is 42.5 Å². The SMILES string of the molecule is CC(C)c1cccc(C(C)C)c1-n1c(-c2[c-]oc3ccc(-c4ccc5ccc6ccccc6c5c4)cc23)nc2ccccc21.[Ir].[c-]1ccccc1-c1ccccn1. The van der Waals surface area contributed by atoms with Gasteiger partial charge >= 0.3 is 0 Å². The molecule has 0 bridgehead atoms. The Morgan fingerprint density at radius 3 is 2.00 bits per heavy atom. The van der Waals surface area contributed by atoms with Gasteiger partial charge in [0.1, 0.15) is 0 Å². The molecule has 0 aliphatic carbocycles. The summed E-state index contributed by atoms with van der Waals surface area (Å²) in [5.41, 5.74) is 11.8. The van der Waals surface area contributed by atoms with E-state index in [1.54, 1.807) is 6.20 Å². The van der Waals surface area contributed by atoms with E-state index in [4.69, 9.17) is 9.40 Å². The number of nitrogens with zero attached hydrogens (tertiary/aromatic N) is 3. The summed E-state index contributed by atoms with van der Waals surface area (Å²) < 4.78 is 8.43. The van der Waals surface area contributed by atoms with E-state index < -0.39 is 0 Å². The van der Waals surface area contributed by atoms with Crippen LogP contribution in [0.3, 0.4) is 0 Å². The van der Waals surface area contributed by atoms with Crippen LogP contribution >= 0.6 is 0 Å². The van der Waals surface area contributed by atoms with Crippen LogP contribution in [0, 0.1) is 12.3 Å². The van der Waals surface area contributed by atoms with Gasteiger partial charge in [-0.3, -0.25) is 4.98 Å². The Kier molecular flexibility index (Phi) is 10.7. The molecule has 0 spiro atoms. The number of imidazole rings is 1. The fourth-order valence-corrected chi connectivity index (χ4v) is 7.77. The van der Waals surface area contributed by atoms with Gasteiger partial charge in [-0.25, -0.2) is 0 Å². The molecule has 0 saturated carbocycles. The van der Waals surface area contributed by atoms with Crippen molar-refractivity contribution in [3.05, 3.63) is 187 Å². The van der Waals surface area contributed by atoms with Gasteiger partial charge in [-0.2, -0.15) is 0 Å². The Labute approximate surface area is 347 Å². The van der Waals surface area contributed by atoms with E-state index in [0.29, 0.717) is 11.8 Å². The summed E-state index contributed by atoms with van der Waals surface area (Å²) in [4.78, 5) is 9.45. The van der Waals surface area contributed by atoms with E-state index in [9.17, 15) is 0 Å². The van der Waals surface area contributed by atoms with Crippen LogP contribution in [0.25, 0.3) is 83.0 Å². The van der Waals surface area contributed by atoms with Crippen LogP contribution in [0.1, 0.15) is 50.7 Å². The molecule has 0 aliphatic heterocycles. The van der Waals surface area contributed by atoms with Crippen molar-refractivity contribution in [1.29, 1.82) is 0 Å². The second kappa shape index (κ2) is 16.2. The summed E-state index contributed by atoms with van der Waals surface area (Å²) in [6.45, 7) is 9.06. The molecule has 1 radical (unpaired) electrons. The fourth-order valence-electron chi connectivity index (χ4n) is 7.77. The summed E-state index contributed by atoms with van der Waals surface area (Å²) in [5, 5.41) is 6.02. The number of aromatic nitrogens is 3. The van der Waals surface area contributed by atoms with Crippen molar-refractivity contribution in [2.75, 3.05) is 0 Å².